The monoisotopic (exact) mass is 255 g/mol. The quantitative estimate of drug-likeness (QED) is 0.651. The Bertz CT molecular complexity index is 608. The third-order valence-electron chi connectivity index (χ3n) is 2.98. The smallest absolute Gasteiger partial charge is 0.130 e. The van der Waals surface area contributed by atoms with E-state index in [0.717, 1.165) is 22.6 Å². The number of aromatic nitrogens is 1. The van der Waals surface area contributed by atoms with Crippen LogP contribution in [0.2, 0.25) is 0 Å². The van der Waals surface area contributed by atoms with Crippen LogP contribution < -0.4 is 10.5 Å². The molecule has 0 amide bonds. The topological polar surface area (TPSA) is 72.0 Å². The Morgan fingerprint density at radius 2 is 2.05 bits per heavy atom. The lowest BCUT2D eigenvalue weighted by molar-refractivity contribution is 0.298. The fourth-order valence-electron chi connectivity index (χ4n) is 1.74. The standard InChI is InChI=1S/C15H17N3O/c1-10-4-3-7-18-13(10)9-19-14-8-12(15(16)17)6-5-11(14)2/h3-8H,9H2,1-2H3,(H3,16,17). The number of benzene rings is 1. The molecule has 0 bridgehead atoms. The Kier molecular flexibility index (Phi) is 3.80. The summed E-state index contributed by atoms with van der Waals surface area (Å²) in [6, 6.07) is 9.41. The van der Waals surface area contributed by atoms with Crippen LogP contribution in [0.4, 0.5) is 0 Å². The van der Waals surface area contributed by atoms with Gasteiger partial charge in [0.1, 0.15) is 18.2 Å². The molecule has 2 rings (SSSR count). The lowest BCUT2D eigenvalue weighted by Crippen LogP contribution is -2.11. The van der Waals surface area contributed by atoms with Crippen molar-refractivity contribution in [1.29, 1.82) is 5.41 Å². The molecule has 0 spiro atoms. The second-order valence-corrected chi connectivity index (χ2v) is 4.45. The highest BCUT2D eigenvalue weighted by Gasteiger charge is 2.05. The minimum absolute atomic E-state index is 0.0406. The van der Waals surface area contributed by atoms with E-state index in [9.17, 15) is 0 Å². The third kappa shape index (κ3) is 3.10. The van der Waals surface area contributed by atoms with Gasteiger partial charge in [0, 0.05) is 11.8 Å². The van der Waals surface area contributed by atoms with Crippen molar-refractivity contribution in [1.82, 2.24) is 4.98 Å². The normalized spacial score (nSPS) is 10.2. The Labute approximate surface area is 112 Å². The number of aryl methyl sites for hydroxylation is 2. The van der Waals surface area contributed by atoms with Gasteiger partial charge in [-0.15, -0.1) is 0 Å². The summed E-state index contributed by atoms with van der Waals surface area (Å²) >= 11 is 0. The number of pyridine rings is 1. The predicted octanol–water partition coefficient (Wildman–Crippen LogP) is 2.56. The van der Waals surface area contributed by atoms with Crippen molar-refractivity contribution >= 4 is 5.84 Å². The molecule has 0 fully saturated rings. The molecule has 19 heavy (non-hydrogen) atoms. The first kappa shape index (κ1) is 13.1. The fraction of sp³-hybridized carbons (Fsp3) is 0.200. The van der Waals surface area contributed by atoms with Crippen LogP contribution in [0.3, 0.4) is 0 Å². The molecule has 1 heterocycles. The summed E-state index contributed by atoms with van der Waals surface area (Å²) < 4.78 is 5.78. The lowest BCUT2D eigenvalue weighted by Gasteiger charge is -2.11. The van der Waals surface area contributed by atoms with Gasteiger partial charge in [0.25, 0.3) is 0 Å². The molecule has 0 aliphatic rings. The summed E-state index contributed by atoms with van der Waals surface area (Å²) in [4.78, 5) is 4.29. The first-order valence-corrected chi connectivity index (χ1v) is 6.06. The number of amidine groups is 1. The van der Waals surface area contributed by atoms with E-state index in [1.165, 1.54) is 0 Å². The van der Waals surface area contributed by atoms with E-state index in [1.54, 1.807) is 12.3 Å². The summed E-state index contributed by atoms with van der Waals surface area (Å²) in [5, 5.41) is 7.44. The van der Waals surface area contributed by atoms with Crippen LogP contribution in [0, 0.1) is 19.3 Å². The van der Waals surface area contributed by atoms with E-state index in [2.05, 4.69) is 4.98 Å². The molecule has 1 aromatic carbocycles. The molecule has 4 heteroatoms. The number of nitrogens with one attached hydrogen (secondary N) is 1. The minimum Gasteiger partial charge on any atom is -0.487 e. The van der Waals surface area contributed by atoms with E-state index in [1.807, 2.05) is 38.1 Å². The van der Waals surface area contributed by atoms with Gasteiger partial charge in [-0.1, -0.05) is 18.2 Å². The third-order valence-corrected chi connectivity index (χ3v) is 2.98. The van der Waals surface area contributed by atoms with Crippen LogP contribution in [0.25, 0.3) is 0 Å². The van der Waals surface area contributed by atoms with E-state index >= 15 is 0 Å². The first-order chi connectivity index (χ1) is 9.08. The summed E-state index contributed by atoms with van der Waals surface area (Å²) in [6.07, 6.45) is 1.75. The molecule has 0 aliphatic heterocycles. The van der Waals surface area contributed by atoms with Gasteiger partial charge in [-0.2, -0.15) is 0 Å². The van der Waals surface area contributed by atoms with Crippen LogP contribution in [-0.2, 0) is 6.61 Å². The van der Waals surface area contributed by atoms with Crippen LogP contribution in [0.5, 0.6) is 5.75 Å². The zero-order chi connectivity index (χ0) is 13.8. The minimum atomic E-state index is 0.0406. The van der Waals surface area contributed by atoms with Gasteiger partial charge in [0.2, 0.25) is 0 Å². The van der Waals surface area contributed by atoms with E-state index in [4.69, 9.17) is 15.9 Å². The molecule has 0 saturated heterocycles. The molecular formula is C15H17N3O. The van der Waals surface area contributed by atoms with Crippen molar-refractivity contribution in [3.8, 4) is 5.75 Å². The molecule has 0 radical (unpaired) electrons. The number of nitrogen functional groups attached to an aromatic ring is 1. The van der Waals surface area contributed by atoms with Crippen LogP contribution in [0.15, 0.2) is 36.5 Å². The van der Waals surface area contributed by atoms with Crippen molar-refractivity contribution in [3.05, 3.63) is 58.9 Å². The van der Waals surface area contributed by atoms with Crippen molar-refractivity contribution in [2.45, 2.75) is 20.5 Å². The second-order valence-electron chi connectivity index (χ2n) is 4.45. The SMILES string of the molecule is Cc1ccc(C(=N)N)cc1OCc1ncccc1C. The maximum absolute atomic E-state index is 7.44. The number of rotatable bonds is 4. The van der Waals surface area contributed by atoms with Crippen molar-refractivity contribution in [2.24, 2.45) is 5.73 Å². The summed E-state index contributed by atoms with van der Waals surface area (Å²) in [5.41, 5.74) is 9.17. The number of hydrogen-bond donors (Lipinski definition) is 2. The van der Waals surface area contributed by atoms with Crippen molar-refractivity contribution in [3.63, 3.8) is 0 Å². The Balaban J connectivity index is 2.17. The van der Waals surface area contributed by atoms with Gasteiger partial charge < -0.3 is 10.5 Å². The Morgan fingerprint density at radius 1 is 1.26 bits per heavy atom. The zero-order valence-corrected chi connectivity index (χ0v) is 11.1. The highest BCUT2D eigenvalue weighted by Crippen LogP contribution is 2.20. The van der Waals surface area contributed by atoms with E-state index in [0.29, 0.717) is 12.2 Å². The average molecular weight is 255 g/mol. The lowest BCUT2D eigenvalue weighted by atomic mass is 10.1. The zero-order valence-electron chi connectivity index (χ0n) is 11.1. The molecule has 0 aliphatic carbocycles. The second kappa shape index (κ2) is 5.52. The highest BCUT2D eigenvalue weighted by molar-refractivity contribution is 5.95. The number of ether oxygens (including phenoxy) is 1. The maximum Gasteiger partial charge on any atom is 0.130 e. The molecular weight excluding hydrogens is 238 g/mol. The van der Waals surface area contributed by atoms with Gasteiger partial charge in [-0.3, -0.25) is 10.4 Å². The fourth-order valence-corrected chi connectivity index (χ4v) is 1.74. The van der Waals surface area contributed by atoms with Gasteiger partial charge >= 0.3 is 0 Å². The van der Waals surface area contributed by atoms with E-state index < -0.39 is 0 Å². The molecule has 0 atom stereocenters. The number of nitrogens with zero attached hydrogens (tertiary/aromatic N) is 1. The summed E-state index contributed by atoms with van der Waals surface area (Å²) in [7, 11) is 0. The molecule has 4 nitrogen and oxygen atoms in total. The molecule has 2 aromatic rings. The predicted molar refractivity (Wildman–Crippen MR) is 75.5 cm³/mol. The van der Waals surface area contributed by atoms with Crippen molar-refractivity contribution in [2.75, 3.05) is 0 Å². The maximum atomic E-state index is 7.44. The van der Waals surface area contributed by atoms with Gasteiger partial charge in [0.15, 0.2) is 0 Å². The number of hydrogen-bond acceptors (Lipinski definition) is 3. The van der Waals surface area contributed by atoms with Gasteiger partial charge in [-0.25, -0.2) is 0 Å². The highest BCUT2D eigenvalue weighted by atomic mass is 16.5. The molecule has 0 unspecified atom stereocenters. The van der Waals surface area contributed by atoms with Crippen molar-refractivity contribution < 1.29 is 4.74 Å². The molecule has 98 valence electrons. The van der Waals surface area contributed by atoms with E-state index in [-0.39, 0.29) is 5.84 Å². The van der Waals surface area contributed by atoms with Crippen LogP contribution in [-0.4, -0.2) is 10.8 Å². The van der Waals surface area contributed by atoms with Gasteiger partial charge in [-0.05, 0) is 37.1 Å². The van der Waals surface area contributed by atoms with Gasteiger partial charge in [0.05, 0.1) is 5.69 Å². The number of nitrogens with two attached hydrogens (primary N) is 1. The Hall–Kier alpha value is -2.36. The largest absolute Gasteiger partial charge is 0.487 e. The Morgan fingerprint density at radius 3 is 2.74 bits per heavy atom. The average Bonchev–Trinajstić information content (AvgIpc) is 2.39. The first-order valence-electron chi connectivity index (χ1n) is 6.06. The molecule has 1 aromatic heterocycles. The summed E-state index contributed by atoms with van der Waals surface area (Å²) in [5.74, 6) is 0.775. The van der Waals surface area contributed by atoms with Crippen LogP contribution in [0.1, 0.15) is 22.4 Å². The molecule has 0 saturated carbocycles. The summed E-state index contributed by atoms with van der Waals surface area (Å²) in [6.45, 7) is 4.38. The van der Waals surface area contributed by atoms with Crippen LogP contribution >= 0.6 is 0 Å². The molecule has 3 N–H and O–H groups in total.